The Kier molecular flexibility index (Phi) is 5.26. The highest BCUT2D eigenvalue weighted by Crippen LogP contribution is 2.17. The highest BCUT2D eigenvalue weighted by atomic mass is 16.1. The zero-order valence-electron chi connectivity index (χ0n) is 14.5. The van der Waals surface area contributed by atoms with Gasteiger partial charge in [0.1, 0.15) is 0 Å². The molecule has 0 spiro atoms. The Bertz CT molecular complexity index is 727. The third kappa shape index (κ3) is 3.82. The van der Waals surface area contributed by atoms with Gasteiger partial charge in [-0.2, -0.15) is 0 Å². The molecule has 0 saturated heterocycles. The van der Waals surface area contributed by atoms with Gasteiger partial charge in [-0.25, -0.2) is 0 Å². The number of nitrogens with zero attached hydrogens (tertiary/aromatic N) is 2. The van der Waals surface area contributed by atoms with Crippen molar-refractivity contribution in [1.82, 2.24) is 15.2 Å². The summed E-state index contributed by atoms with van der Waals surface area (Å²) >= 11 is 0. The molecule has 3 rings (SSSR count). The van der Waals surface area contributed by atoms with E-state index >= 15 is 0 Å². The van der Waals surface area contributed by atoms with Crippen molar-refractivity contribution in [2.75, 3.05) is 19.6 Å². The van der Waals surface area contributed by atoms with Gasteiger partial charge in [-0.05, 0) is 43.0 Å². The summed E-state index contributed by atoms with van der Waals surface area (Å²) in [6, 6.07) is 12.4. The van der Waals surface area contributed by atoms with Gasteiger partial charge in [0.15, 0.2) is 0 Å². The lowest BCUT2D eigenvalue weighted by atomic mass is 10.00. The zero-order valence-corrected chi connectivity index (χ0v) is 14.5. The first-order chi connectivity index (χ1) is 11.7. The third-order valence-electron chi connectivity index (χ3n) is 4.67. The van der Waals surface area contributed by atoms with Gasteiger partial charge in [0, 0.05) is 31.9 Å². The van der Waals surface area contributed by atoms with Crippen LogP contribution in [-0.2, 0) is 19.4 Å². The van der Waals surface area contributed by atoms with Gasteiger partial charge in [0.05, 0.1) is 11.3 Å². The van der Waals surface area contributed by atoms with Crippen LogP contribution in [0.1, 0.15) is 39.8 Å². The molecular formula is C20H25N3O. The number of benzene rings is 1. The van der Waals surface area contributed by atoms with Gasteiger partial charge < -0.3 is 5.32 Å². The average Bonchev–Trinajstić information content (AvgIpc) is 2.61. The van der Waals surface area contributed by atoms with E-state index in [1.54, 1.807) is 0 Å². The van der Waals surface area contributed by atoms with E-state index in [0.717, 1.165) is 43.9 Å². The van der Waals surface area contributed by atoms with Gasteiger partial charge in [0.25, 0.3) is 5.91 Å². The number of amides is 1. The summed E-state index contributed by atoms with van der Waals surface area (Å²) < 4.78 is 0. The lowest BCUT2D eigenvalue weighted by molar-refractivity contribution is 0.0946. The van der Waals surface area contributed by atoms with E-state index < -0.39 is 0 Å². The molecule has 1 aliphatic rings. The molecule has 0 atom stereocenters. The first-order valence-corrected chi connectivity index (χ1v) is 8.71. The fourth-order valence-electron chi connectivity index (χ4n) is 3.22. The molecule has 0 radical (unpaired) electrons. The average molecular weight is 323 g/mol. The molecule has 2 heterocycles. The van der Waals surface area contributed by atoms with E-state index in [2.05, 4.69) is 46.4 Å². The van der Waals surface area contributed by atoms with Gasteiger partial charge >= 0.3 is 0 Å². The Hall–Kier alpha value is -2.20. The molecule has 24 heavy (non-hydrogen) atoms. The second kappa shape index (κ2) is 7.58. The van der Waals surface area contributed by atoms with Crippen LogP contribution in [0.15, 0.2) is 36.4 Å². The molecule has 126 valence electrons. The van der Waals surface area contributed by atoms with Crippen LogP contribution >= 0.6 is 0 Å². The van der Waals surface area contributed by atoms with Crippen molar-refractivity contribution in [2.45, 2.75) is 33.2 Å². The van der Waals surface area contributed by atoms with Crippen molar-refractivity contribution in [3.8, 4) is 0 Å². The maximum Gasteiger partial charge on any atom is 0.253 e. The van der Waals surface area contributed by atoms with Gasteiger partial charge in [0.2, 0.25) is 0 Å². The topological polar surface area (TPSA) is 45.2 Å². The zero-order chi connectivity index (χ0) is 16.9. The van der Waals surface area contributed by atoms with E-state index in [1.807, 2.05) is 19.1 Å². The number of carbonyl (C=O) groups excluding carboxylic acids is 1. The molecule has 1 aromatic heterocycles. The molecule has 0 bridgehead atoms. The number of hydrogen-bond acceptors (Lipinski definition) is 3. The van der Waals surface area contributed by atoms with Crippen molar-refractivity contribution >= 4 is 5.91 Å². The molecule has 1 aromatic carbocycles. The van der Waals surface area contributed by atoms with Crippen molar-refractivity contribution in [2.24, 2.45) is 0 Å². The summed E-state index contributed by atoms with van der Waals surface area (Å²) in [5.74, 6) is -0.0277. The van der Waals surface area contributed by atoms with Gasteiger partial charge in [-0.3, -0.25) is 14.7 Å². The molecule has 4 nitrogen and oxygen atoms in total. The van der Waals surface area contributed by atoms with Crippen molar-refractivity contribution in [3.05, 3.63) is 64.5 Å². The Balaban J connectivity index is 1.51. The van der Waals surface area contributed by atoms with E-state index in [9.17, 15) is 4.79 Å². The SMILES string of the molecule is CCc1ccc(C(=O)NCCN2CCc3ccccc3C2)c(C)n1. The molecule has 1 amide bonds. The molecule has 0 saturated carbocycles. The molecule has 1 N–H and O–H groups in total. The Labute approximate surface area is 143 Å². The summed E-state index contributed by atoms with van der Waals surface area (Å²) in [5.41, 5.74) is 5.37. The maximum absolute atomic E-state index is 12.3. The van der Waals surface area contributed by atoms with E-state index in [0.29, 0.717) is 12.1 Å². The fraction of sp³-hybridized carbons (Fsp3) is 0.400. The largest absolute Gasteiger partial charge is 0.351 e. The molecule has 2 aromatic rings. The van der Waals surface area contributed by atoms with Gasteiger partial charge in [-0.1, -0.05) is 31.2 Å². The lowest BCUT2D eigenvalue weighted by Gasteiger charge is -2.28. The van der Waals surface area contributed by atoms with E-state index in [1.165, 1.54) is 11.1 Å². The van der Waals surface area contributed by atoms with Crippen LogP contribution in [-0.4, -0.2) is 35.4 Å². The van der Waals surface area contributed by atoms with E-state index in [4.69, 9.17) is 0 Å². The minimum atomic E-state index is -0.0277. The monoisotopic (exact) mass is 323 g/mol. The number of fused-ring (bicyclic) bond motifs is 1. The second-order valence-corrected chi connectivity index (χ2v) is 6.34. The van der Waals surface area contributed by atoms with Crippen LogP contribution in [0, 0.1) is 6.92 Å². The lowest BCUT2D eigenvalue weighted by Crippen LogP contribution is -2.38. The van der Waals surface area contributed by atoms with Crippen molar-refractivity contribution in [1.29, 1.82) is 0 Å². The second-order valence-electron chi connectivity index (χ2n) is 6.34. The van der Waals surface area contributed by atoms with Crippen LogP contribution in [0.3, 0.4) is 0 Å². The molecule has 1 aliphatic heterocycles. The molecule has 4 heteroatoms. The number of carbonyl (C=O) groups is 1. The third-order valence-corrected chi connectivity index (χ3v) is 4.67. The Morgan fingerprint density at radius 2 is 2.00 bits per heavy atom. The summed E-state index contributed by atoms with van der Waals surface area (Å²) in [6.07, 6.45) is 1.98. The number of rotatable bonds is 5. The molecule has 0 aliphatic carbocycles. The summed E-state index contributed by atoms with van der Waals surface area (Å²) in [4.78, 5) is 19.2. The van der Waals surface area contributed by atoms with Crippen LogP contribution in [0.5, 0.6) is 0 Å². The minimum absolute atomic E-state index is 0.0277. The van der Waals surface area contributed by atoms with Crippen LogP contribution < -0.4 is 5.32 Å². The van der Waals surface area contributed by atoms with Crippen LogP contribution in [0.2, 0.25) is 0 Å². The van der Waals surface area contributed by atoms with Crippen molar-refractivity contribution in [3.63, 3.8) is 0 Å². The number of aryl methyl sites for hydroxylation is 2. The number of pyridine rings is 1. The highest BCUT2D eigenvalue weighted by molar-refractivity contribution is 5.95. The Morgan fingerprint density at radius 3 is 2.75 bits per heavy atom. The van der Waals surface area contributed by atoms with E-state index in [-0.39, 0.29) is 5.91 Å². The van der Waals surface area contributed by atoms with Crippen LogP contribution in [0.25, 0.3) is 0 Å². The number of hydrogen-bond donors (Lipinski definition) is 1. The molecule has 0 unspecified atom stereocenters. The Morgan fingerprint density at radius 1 is 1.21 bits per heavy atom. The normalized spacial score (nSPS) is 14.2. The van der Waals surface area contributed by atoms with Crippen LogP contribution in [0.4, 0.5) is 0 Å². The quantitative estimate of drug-likeness (QED) is 0.920. The molecular weight excluding hydrogens is 298 g/mol. The summed E-state index contributed by atoms with van der Waals surface area (Å²) in [7, 11) is 0. The summed E-state index contributed by atoms with van der Waals surface area (Å²) in [5, 5.41) is 3.03. The minimum Gasteiger partial charge on any atom is -0.351 e. The summed E-state index contributed by atoms with van der Waals surface area (Å²) in [6.45, 7) is 7.53. The van der Waals surface area contributed by atoms with Crippen molar-refractivity contribution < 1.29 is 4.79 Å². The standard InChI is InChI=1S/C20H25N3O/c1-3-18-8-9-19(15(2)22-18)20(24)21-11-13-23-12-10-16-6-4-5-7-17(16)14-23/h4-9H,3,10-14H2,1-2H3,(H,21,24). The predicted molar refractivity (Wildman–Crippen MR) is 96.1 cm³/mol. The first kappa shape index (κ1) is 16.7. The van der Waals surface area contributed by atoms with Gasteiger partial charge in [-0.15, -0.1) is 0 Å². The smallest absolute Gasteiger partial charge is 0.253 e. The number of nitrogens with one attached hydrogen (secondary N) is 1. The maximum atomic E-state index is 12.3. The predicted octanol–water partition coefficient (Wildman–Crippen LogP) is 2.74. The fourth-order valence-corrected chi connectivity index (χ4v) is 3.22. The molecule has 0 fully saturated rings. The number of aromatic nitrogens is 1. The first-order valence-electron chi connectivity index (χ1n) is 8.71. The highest BCUT2D eigenvalue weighted by Gasteiger charge is 2.16.